The summed E-state index contributed by atoms with van der Waals surface area (Å²) in [5.74, 6) is 6.73. The van der Waals surface area contributed by atoms with Crippen LogP contribution < -0.4 is 5.73 Å². The van der Waals surface area contributed by atoms with Gasteiger partial charge in [0.15, 0.2) is 0 Å². The lowest BCUT2D eigenvalue weighted by Crippen LogP contribution is -2.34. The zero-order valence-electron chi connectivity index (χ0n) is 8.93. The molecule has 1 saturated heterocycles. The van der Waals surface area contributed by atoms with Gasteiger partial charge in [-0.2, -0.15) is 0 Å². The van der Waals surface area contributed by atoms with Crippen molar-refractivity contribution in [3.05, 3.63) is 0 Å². The van der Waals surface area contributed by atoms with Crippen LogP contribution in [-0.4, -0.2) is 31.1 Å². The molecule has 0 spiro atoms. The third kappa shape index (κ3) is 2.24. The molecule has 0 aromatic rings. The molecule has 1 aliphatic rings. The van der Waals surface area contributed by atoms with Gasteiger partial charge in [-0.15, -0.1) is 5.92 Å². The van der Waals surface area contributed by atoms with Gasteiger partial charge in [0.1, 0.15) is 0 Å². The zero-order chi connectivity index (χ0) is 9.90. The second-order valence-corrected chi connectivity index (χ2v) is 4.36. The second kappa shape index (κ2) is 4.13. The molecule has 74 valence electrons. The molecule has 0 aliphatic carbocycles. The summed E-state index contributed by atoms with van der Waals surface area (Å²) in [5, 5.41) is 0. The van der Waals surface area contributed by atoms with Crippen LogP contribution in [0.3, 0.4) is 0 Å². The van der Waals surface area contributed by atoms with Crippen molar-refractivity contribution in [3.8, 4) is 11.8 Å². The molecular formula is C11H20N2. The third-order valence-electron chi connectivity index (χ3n) is 3.25. The fraction of sp³-hybridized carbons (Fsp3) is 0.818. The molecule has 13 heavy (non-hydrogen) atoms. The maximum absolute atomic E-state index is 5.79. The lowest BCUT2D eigenvalue weighted by atomic mass is 9.81. The van der Waals surface area contributed by atoms with E-state index in [2.05, 4.69) is 30.6 Å². The zero-order valence-corrected chi connectivity index (χ0v) is 8.93. The molecule has 2 nitrogen and oxygen atoms in total. The molecular weight excluding hydrogens is 160 g/mol. The van der Waals surface area contributed by atoms with Crippen molar-refractivity contribution in [1.29, 1.82) is 0 Å². The highest BCUT2D eigenvalue weighted by molar-refractivity contribution is 5.01. The van der Waals surface area contributed by atoms with E-state index in [0.29, 0.717) is 11.3 Å². The minimum absolute atomic E-state index is 0.301. The van der Waals surface area contributed by atoms with Crippen molar-refractivity contribution in [2.24, 2.45) is 17.1 Å². The molecule has 0 radical (unpaired) electrons. The molecule has 0 aromatic heterocycles. The second-order valence-electron chi connectivity index (χ2n) is 4.36. The molecule has 1 fully saturated rings. The Hall–Kier alpha value is -0.520. The average molecular weight is 180 g/mol. The smallest absolute Gasteiger partial charge is 0.0601 e. The van der Waals surface area contributed by atoms with Gasteiger partial charge >= 0.3 is 0 Å². The van der Waals surface area contributed by atoms with Crippen molar-refractivity contribution >= 4 is 0 Å². The Morgan fingerprint density at radius 3 is 2.77 bits per heavy atom. The molecule has 0 amide bonds. The molecule has 1 heterocycles. The number of hydrogen-bond donors (Lipinski definition) is 1. The summed E-state index contributed by atoms with van der Waals surface area (Å²) >= 11 is 0. The van der Waals surface area contributed by atoms with Crippen molar-refractivity contribution in [1.82, 2.24) is 4.90 Å². The summed E-state index contributed by atoms with van der Waals surface area (Å²) in [6, 6.07) is 0. The minimum atomic E-state index is 0.301. The maximum atomic E-state index is 5.79. The van der Waals surface area contributed by atoms with Gasteiger partial charge in [0.05, 0.1) is 6.54 Å². The highest BCUT2D eigenvalue weighted by Gasteiger charge is 2.38. The Morgan fingerprint density at radius 2 is 2.31 bits per heavy atom. The summed E-state index contributed by atoms with van der Waals surface area (Å²) in [6.07, 6.45) is 0. The van der Waals surface area contributed by atoms with E-state index in [-0.39, 0.29) is 0 Å². The summed E-state index contributed by atoms with van der Waals surface area (Å²) in [4.78, 5) is 2.40. The van der Waals surface area contributed by atoms with E-state index in [1.165, 1.54) is 0 Å². The van der Waals surface area contributed by atoms with E-state index in [4.69, 9.17) is 5.73 Å². The number of nitrogens with two attached hydrogens (primary N) is 1. The molecule has 0 aromatic carbocycles. The first kappa shape index (κ1) is 10.6. The number of likely N-dealkylation sites (tertiary alicyclic amines) is 1. The monoisotopic (exact) mass is 180 g/mol. The summed E-state index contributed by atoms with van der Waals surface area (Å²) < 4.78 is 0. The number of nitrogens with zero attached hydrogens (tertiary/aromatic N) is 1. The minimum Gasteiger partial charge on any atom is -0.330 e. The summed E-state index contributed by atoms with van der Waals surface area (Å²) in [7, 11) is 0. The first-order chi connectivity index (χ1) is 6.12. The quantitative estimate of drug-likeness (QED) is 0.640. The van der Waals surface area contributed by atoms with Gasteiger partial charge in [-0.25, -0.2) is 0 Å². The fourth-order valence-electron chi connectivity index (χ4n) is 1.92. The first-order valence-electron chi connectivity index (χ1n) is 4.94. The first-order valence-corrected chi connectivity index (χ1v) is 4.94. The fourth-order valence-corrected chi connectivity index (χ4v) is 1.92. The van der Waals surface area contributed by atoms with Crippen LogP contribution in [0.1, 0.15) is 20.8 Å². The Balaban J connectivity index is 2.53. The predicted molar refractivity (Wildman–Crippen MR) is 56.2 cm³/mol. The van der Waals surface area contributed by atoms with Crippen molar-refractivity contribution < 1.29 is 0 Å². The lowest BCUT2D eigenvalue weighted by molar-refractivity contribution is 0.270. The van der Waals surface area contributed by atoms with Crippen molar-refractivity contribution in [3.63, 3.8) is 0 Å². The highest BCUT2D eigenvalue weighted by atomic mass is 15.2. The Bertz CT molecular complexity index is 226. The van der Waals surface area contributed by atoms with Crippen LogP contribution in [0.5, 0.6) is 0 Å². The molecule has 0 saturated carbocycles. The average Bonchev–Trinajstić information content (AvgIpc) is 2.40. The van der Waals surface area contributed by atoms with Crippen LogP contribution in [0.25, 0.3) is 0 Å². The van der Waals surface area contributed by atoms with Crippen molar-refractivity contribution in [2.75, 3.05) is 26.2 Å². The number of hydrogen-bond acceptors (Lipinski definition) is 2. The Labute approximate surface area is 81.5 Å². The van der Waals surface area contributed by atoms with Crippen LogP contribution in [0.4, 0.5) is 0 Å². The van der Waals surface area contributed by atoms with Gasteiger partial charge in [0.2, 0.25) is 0 Å². The topological polar surface area (TPSA) is 29.3 Å². The van der Waals surface area contributed by atoms with Crippen LogP contribution in [0, 0.1) is 23.2 Å². The van der Waals surface area contributed by atoms with Gasteiger partial charge in [-0.3, -0.25) is 4.90 Å². The van der Waals surface area contributed by atoms with Gasteiger partial charge in [-0.1, -0.05) is 19.8 Å². The maximum Gasteiger partial charge on any atom is 0.0601 e. The van der Waals surface area contributed by atoms with E-state index in [1.807, 2.05) is 6.92 Å². The van der Waals surface area contributed by atoms with E-state index >= 15 is 0 Å². The molecule has 2 N–H and O–H groups in total. The van der Waals surface area contributed by atoms with Gasteiger partial charge in [0, 0.05) is 13.1 Å². The van der Waals surface area contributed by atoms with E-state index in [0.717, 1.165) is 26.2 Å². The molecule has 2 unspecified atom stereocenters. The van der Waals surface area contributed by atoms with E-state index < -0.39 is 0 Å². The molecule has 1 aliphatic heterocycles. The van der Waals surface area contributed by atoms with Gasteiger partial charge in [0.25, 0.3) is 0 Å². The lowest BCUT2D eigenvalue weighted by Gasteiger charge is -2.26. The normalized spacial score (nSPS) is 34.3. The number of rotatable bonds is 2. The molecule has 2 atom stereocenters. The predicted octanol–water partition coefficient (Wildman–Crippen LogP) is 0.926. The summed E-state index contributed by atoms with van der Waals surface area (Å²) in [5.41, 5.74) is 6.09. The highest BCUT2D eigenvalue weighted by Crippen LogP contribution is 2.33. The SMILES string of the molecule is CC#CCN1CC(C)C(C)(CN)C1. The standard InChI is InChI=1S/C11H20N2/c1-4-5-6-13-7-10(2)11(3,8-12)9-13/h10H,6-9,12H2,1-3H3. The van der Waals surface area contributed by atoms with Crippen molar-refractivity contribution in [2.45, 2.75) is 20.8 Å². The molecule has 2 heteroatoms. The Kier molecular flexibility index (Phi) is 3.35. The Morgan fingerprint density at radius 1 is 1.62 bits per heavy atom. The van der Waals surface area contributed by atoms with E-state index in [9.17, 15) is 0 Å². The largest absolute Gasteiger partial charge is 0.330 e. The molecule has 0 bridgehead atoms. The summed E-state index contributed by atoms with van der Waals surface area (Å²) in [6.45, 7) is 10.4. The van der Waals surface area contributed by atoms with Crippen LogP contribution in [0.15, 0.2) is 0 Å². The van der Waals surface area contributed by atoms with Crippen LogP contribution >= 0.6 is 0 Å². The third-order valence-corrected chi connectivity index (χ3v) is 3.25. The van der Waals surface area contributed by atoms with Gasteiger partial charge < -0.3 is 5.73 Å². The molecule has 1 rings (SSSR count). The van der Waals surface area contributed by atoms with Gasteiger partial charge in [-0.05, 0) is 24.8 Å². The van der Waals surface area contributed by atoms with Crippen LogP contribution in [0.2, 0.25) is 0 Å². The van der Waals surface area contributed by atoms with E-state index in [1.54, 1.807) is 0 Å². The van der Waals surface area contributed by atoms with Crippen LogP contribution in [-0.2, 0) is 0 Å².